The molecule has 2 heterocycles. The molecule has 4 nitrogen and oxygen atoms in total. The molecule has 0 aliphatic rings. The van der Waals surface area contributed by atoms with Crippen LogP contribution < -0.4 is 5.32 Å². The maximum absolute atomic E-state index is 4.47. The van der Waals surface area contributed by atoms with Crippen molar-refractivity contribution in [1.82, 2.24) is 14.5 Å². The zero-order chi connectivity index (χ0) is 12.3. The van der Waals surface area contributed by atoms with Gasteiger partial charge in [-0.15, -0.1) is 0 Å². The first-order valence-electron chi connectivity index (χ1n) is 5.94. The first-order chi connectivity index (χ1) is 8.22. The van der Waals surface area contributed by atoms with Crippen LogP contribution in [-0.4, -0.2) is 21.1 Å². The molecule has 0 radical (unpaired) electrons. The fourth-order valence-electron chi connectivity index (χ4n) is 1.80. The fraction of sp³-hybridized carbons (Fsp3) is 0.385. The minimum Gasteiger partial charge on any atom is -0.355 e. The summed E-state index contributed by atoms with van der Waals surface area (Å²) in [4.78, 5) is 8.79. The lowest BCUT2D eigenvalue weighted by Gasteiger charge is -2.11. The molecule has 90 valence electrons. The smallest absolute Gasteiger partial charge is 0.207 e. The van der Waals surface area contributed by atoms with Crippen LogP contribution in [0.1, 0.15) is 24.7 Å². The van der Waals surface area contributed by atoms with Crippen LogP contribution in [0.3, 0.4) is 0 Å². The zero-order valence-electron chi connectivity index (χ0n) is 10.6. The van der Waals surface area contributed by atoms with Crippen molar-refractivity contribution in [2.75, 3.05) is 11.9 Å². The number of pyridine rings is 1. The van der Waals surface area contributed by atoms with Crippen molar-refractivity contribution in [3.8, 4) is 5.69 Å². The highest BCUT2D eigenvalue weighted by molar-refractivity contribution is 5.44. The number of rotatable bonds is 4. The highest BCUT2D eigenvalue weighted by Gasteiger charge is 2.07. The number of hydrogen-bond acceptors (Lipinski definition) is 3. The summed E-state index contributed by atoms with van der Waals surface area (Å²) in [5.41, 5.74) is 3.13. The third kappa shape index (κ3) is 2.46. The monoisotopic (exact) mass is 230 g/mol. The predicted molar refractivity (Wildman–Crippen MR) is 69.6 cm³/mol. The van der Waals surface area contributed by atoms with Gasteiger partial charge in [-0.3, -0.25) is 9.55 Å². The number of nitrogens with one attached hydrogen (secondary N) is 1. The van der Waals surface area contributed by atoms with E-state index in [2.05, 4.69) is 28.3 Å². The van der Waals surface area contributed by atoms with Gasteiger partial charge < -0.3 is 5.32 Å². The maximum atomic E-state index is 4.47. The van der Waals surface area contributed by atoms with Crippen molar-refractivity contribution in [1.29, 1.82) is 0 Å². The van der Waals surface area contributed by atoms with Crippen molar-refractivity contribution >= 4 is 5.95 Å². The summed E-state index contributed by atoms with van der Waals surface area (Å²) in [6.45, 7) is 7.08. The van der Waals surface area contributed by atoms with E-state index in [9.17, 15) is 0 Å². The molecule has 2 rings (SSSR count). The summed E-state index contributed by atoms with van der Waals surface area (Å²) in [5.74, 6) is 0.876. The number of anilines is 1. The van der Waals surface area contributed by atoms with Gasteiger partial charge in [0.25, 0.3) is 0 Å². The van der Waals surface area contributed by atoms with Crippen LogP contribution in [0.25, 0.3) is 5.69 Å². The van der Waals surface area contributed by atoms with Crippen LogP contribution in [0, 0.1) is 13.8 Å². The van der Waals surface area contributed by atoms with Gasteiger partial charge in [0.15, 0.2) is 0 Å². The molecule has 2 aromatic rings. The summed E-state index contributed by atoms with van der Waals surface area (Å²) in [5, 5.41) is 3.31. The molecule has 0 saturated carbocycles. The molecule has 0 aromatic carbocycles. The van der Waals surface area contributed by atoms with Gasteiger partial charge in [-0.05, 0) is 32.4 Å². The molecule has 0 spiro atoms. The van der Waals surface area contributed by atoms with E-state index in [1.807, 2.05) is 30.7 Å². The van der Waals surface area contributed by atoms with Crippen LogP contribution >= 0.6 is 0 Å². The second-order valence-corrected chi connectivity index (χ2v) is 4.10. The highest BCUT2D eigenvalue weighted by atomic mass is 15.2. The molecule has 2 aromatic heterocycles. The van der Waals surface area contributed by atoms with E-state index in [1.165, 1.54) is 0 Å². The topological polar surface area (TPSA) is 42.7 Å². The van der Waals surface area contributed by atoms with Crippen LogP contribution in [0.15, 0.2) is 24.5 Å². The average molecular weight is 230 g/mol. The van der Waals surface area contributed by atoms with Gasteiger partial charge in [-0.1, -0.05) is 6.92 Å². The van der Waals surface area contributed by atoms with Gasteiger partial charge in [0.2, 0.25) is 5.95 Å². The first-order valence-corrected chi connectivity index (χ1v) is 5.94. The molecule has 0 saturated heterocycles. The van der Waals surface area contributed by atoms with E-state index in [-0.39, 0.29) is 0 Å². The Bertz CT molecular complexity index is 502. The molecule has 0 fully saturated rings. The Morgan fingerprint density at radius 2 is 2.12 bits per heavy atom. The largest absolute Gasteiger partial charge is 0.355 e. The average Bonchev–Trinajstić information content (AvgIpc) is 2.74. The lowest BCUT2D eigenvalue weighted by molar-refractivity contribution is 0.926. The van der Waals surface area contributed by atoms with Crippen molar-refractivity contribution in [2.45, 2.75) is 27.2 Å². The minimum absolute atomic E-state index is 0.876. The summed E-state index contributed by atoms with van der Waals surface area (Å²) in [6.07, 6.45) is 4.84. The highest BCUT2D eigenvalue weighted by Crippen LogP contribution is 2.17. The lowest BCUT2D eigenvalue weighted by atomic mass is 10.2. The first kappa shape index (κ1) is 11.6. The summed E-state index contributed by atoms with van der Waals surface area (Å²) in [6, 6.07) is 4.10. The van der Waals surface area contributed by atoms with E-state index in [0.717, 1.165) is 36.0 Å². The van der Waals surface area contributed by atoms with Crippen LogP contribution in [0.2, 0.25) is 0 Å². The van der Waals surface area contributed by atoms with Gasteiger partial charge in [-0.2, -0.15) is 0 Å². The van der Waals surface area contributed by atoms with Gasteiger partial charge in [0.1, 0.15) is 0 Å². The molecule has 0 unspecified atom stereocenters. The third-order valence-electron chi connectivity index (χ3n) is 2.63. The van der Waals surface area contributed by atoms with E-state index in [4.69, 9.17) is 0 Å². The predicted octanol–water partition coefficient (Wildman–Crippen LogP) is 2.71. The molecule has 0 atom stereocenters. The molecule has 0 aliphatic carbocycles. The Morgan fingerprint density at radius 3 is 2.82 bits per heavy atom. The van der Waals surface area contributed by atoms with Crippen molar-refractivity contribution in [2.24, 2.45) is 0 Å². The molecular formula is C13H18N4. The van der Waals surface area contributed by atoms with E-state index in [0.29, 0.717) is 0 Å². The van der Waals surface area contributed by atoms with Gasteiger partial charge >= 0.3 is 0 Å². The summed E-state index contributed by atoms with van der Waals surface area (Å²) >= 11 is 0. The van der Waals surface area contributed by atoms with Crippen molar-refractivity contribution in [3.63, 3.8) is 0 Å². The molecular weight excluding hydrogens is 212 g/mol. The molecule has 0 amide bonds. The fourth-order valence-corrected chi connectivity index (χ4v) is 1.80. The van der Waals surface area contributed by atoms with E-state index < -0.39 is 0 Å². The SMILES string of the molecule is CCCNc1nccn1-c1ccc(C)nc1C. The van der Waals surface area contributed by atoms with Gasteiger partial charge in [0, 0.05) is 24.6 Å². The van der Waals surface area contributed by atoms with Gasteiger partial charge in [-0.25, -0.2) is 4.98 Å². The Kier molecular flexibility index (Phi) is 3.42. The lowest BCUT2D eigenvalue weighted by Crippen LogP contribution is -2.08. The van der Waals surface area contributed by atoms with E-state index >= 15 is 0 Å². The molecule has 1 N–H and O–H groups in total. The molecule has 0 aliphatic heterocycles. The third-order valence-corrected chi connectivity index (χ3v) is 2.63. The van der Waals surface area contributed by atoms with Crippen LogP contribution in [0.4, 0.5) is 5.95 Å². The number of hydrogen-bond donors (Lipinski definition) is 1. The molecule has 17 heavy (non-hydrogen) atoms. The van der Waals surface area contributed by atoms with E-state index in [1.54, 1.807) is 6.20 Å². The maximum Gasteiger partial charge on any atom is 0.207 e. The summed E-state index contributed by atoms with van der Waals surface area (Å²) < 4.78 is 2.04. The Labute approximate surface area is 102 Å². The zero-order valence-corrected chi connectivity index (χ0v) is 10.6. The number of nitrogens with zero attached hydrogens (tertiary/aromatic N) is 3. The Balaban J connectivity index is 2.35. The van der Waals surface area contributed by atoms with Crippen molar-refractivity contribution < 1.29 is 0 Å². The summed E-state index contributed by atoms with van der Waals surface area (Å²) in [7, 11) is 0. The molecule has 4 heteroatoms. The number of aryl methyl sites for hydroxylation is 2. The van der Waals surface area contributed by atoms with Gasteiger partial charge in [0.05, 0.1) is 11.4 Å². The number of aromatic nitrogens is 3. The quantitative estimate of drug-likeness (QED) is 0.878. The molecule has 0 bridgehead atoms. The second-order valence-electron chi connectivity index (χ2n) is 4.10. The van der Waals surface area contributed by atoms with Crippen molar-refractivity contribution in [3.05, 3.63) is 35.9 Å². The number of imidazole rings is 1. The van der Waals surface area contributed by atoms with Crippen LogP contribution in [0.5, 0.6) is 0 Å². The normalized spacial score (nSPS) is 10.5. The second kappa shape index (κ2) is 4.99. The van der Waals surface area contributed by atoms with Crippen LogP contribution in [-0.2, 0) is 0 Å². The Hall–Kier alpha value is -1.84. The minimum atomic E-state index is 0.876. The Morgan fingerprint density at radius 1 is 1.29 bits per heavy atom. The standard InChI is InChI=1S/C13H18N4/c1-4-7-14-13-15-8-9-17(13)12-6-5-10(2)16-11(12)3/h5-6,8-9H,4,7H2,1-3H3,(H,14,15).